The van der Waals surface area contributed by atoms with Gasteiger partial charge in [-0.1, -0.05) is 0 Å². The Hall–Kier alpha value is -4.53. The van der Waals surface area contributed by atoms with Crippen LogP contribution in [0.3, 0.4) is 0 Å². The third kappa shape index (κ3) is 5.26. The average Bonchev–Trinajstić information content (AvgIpc) is 2.73. The van der Waals surface area contributed by atoms with E-state index in [-0.39, 0.29) is 23.0 Å². The van der Waals surface area contributed by atoms with Gasteiger partial charge in [-0.15, -0.1) is 0 Å². The molecule has 3 aromatic carbocycles. The molecule has 0 spiro atoms. The summed E-state index contributed by atoms with van der Waals surface area (Å²) in [7, 11) is 0. The van der Waals surface area contributed by atoms with E-state index in [1.807, 2.05) is 0 Å². The van der Waals surface area contributed by atoms with Crippen LogP contribution in [0.25, 0.3) is 0 Å². The number of hydrazone groups is 2. The molecule has 0 saturated carbocycles. The normalized spacial score (nSPS) is 11.1. The maximum absolute atomic E-state index is 12.1. The second kappa shape index (κ2) is 9.11. The maximum atomic E-state index is 12.1. The number of nitrogens with one attached hydrogen (secondary N) is 2. The Morgan fingerprint density at radius 3 is 1.77 bits per heavy atom. The first-order chi connectivity index (χ1) is 14.4. The minimum Gasteiger partial charge on any atom is -0.504 e. The van der Waals surface area contributed by atoms with Gasteiger partial charge in [0.25, 0.3) is 5.91 Å². The number of phenolic OH excluding ortho intramolecular Hbond substituents is 4. The molecule has 9 heteroatoms. The van der Waals surface area contributed by atoms with Crippen molar-refractivity contribution in [3.05, 3.63) is 77.4 Å². The van der Waals surface area contributed by atoms with Gasteiger partial charge in [0.05, 0.1) is 18.1 Å². The van der Waals surface area contributed by atoms with Crippen molar-refractivity contribution in [1.29, 1.82) is 0 Å². The van der Waals surface area contributed by atoms with Crippen molar-refractivity contribution in [2.45, 2.75) is 0 Å². The van der Waals surface area contributed by atoms with Crippen molar-refractivity contribution in [2.75, 3.05) is 5.43 Å². The van der Waals surface area contributed by atoms with Crippen LogP contribution in [0.2, 0.25) is 0 Å². The van der Waals surface area contributed by atoms with Crippen LogP contribution in [-0.2, 0) is 0 Å². The summed E-state index contributed by atoms with van der Waals surface area (Å²) >= 11 is 0. The lowest BCUT2D eigenvalue weighted by atomic mass is 10.2. The molecule has 1 amide bonds. The molecule has 0 radical (unpaired) electrons. The van der Waals surface area contributed by atoms with Crippen LogP contribution in [0.15, 0.2) is 70.9 Å². The third-order valence-corrected chi connectivity index (χ3v) is 3.93. The molecule has 6 N–H and O–H groups in total. The van der Waals surface area contributed by atoms with Gasteiger partial charge in [-0.25, -0.2) is 5.43 Å². The Labute approximate surface area is 171 Å². The number of benzene rings is 3. The zero-order chi connectivity index (χ0) is 21.5. The van der Waals surface area contributed by atoms with Gasteiger partial charge in [0, 0.05) is 5.56 Å². The SMILES string of the molecule is O=C(N/N=C/c1ccc(O)c(O)c1)c1ccc(N/N=C/c2ccc(O)c(O)c2)cc1. The molecule has 0 aliphatic carbocycles. The molecule has 0 saturated heterocycles. The first-order valence-corrected chi connectivity index (χ1v) is 8.69. The first kappa shape index (κ1) is 20.2. The molecule has 30 heavy (non-hydrogen) atoms. The molecule has 0 aromatic heterocycles. The highest BCUT2D eigenvalue weighted by molar-refractivity contribution is 5.95. The second-order valence-electron chi connectivity index (χ2n) is 6.14. The summed E-state index contributed by atoms with van der Waals surface area (Å²) in [6.45, 7) is 0. The summed E-state index contributed by atoms with van der Waals surface area (Å²) in [6.07, 6.45) is 2.80. The molecule has 3 aromatic rings. The molecule has 152 valence electrons. The molecular weight excluding hydrogens is 388 g/mol. The fraction of sp³-hybridized carbons (Fsp3) is 0. The Kier molecular flexibility index (Phi) is 6.14. The van der Waals surface area contributed by atoms with Crippen molar-refractivity contribution in [2.24, 2.45) is 10.2 Å². The van der Waals surface area contributed by atoms with Gasteiger partial charge in [-0.05, 0) is 71.8 Å². The molecule has 0 aliphatic rings. The Balaban J connectivity index is 1.54. The number of anilines is 1. The number of hydrogen-bond acceptors (Lipinski definition) is 8. The van der Waals surface area contributed by atoms with Crippen LogP contribution in [0.4, 0.5) is 5.69 Å². The summed E-state index contributed by atoms with van der Waals surface area (Å²) in [4.78, 5) is 12.1. The fourth-order valence-corrected chi connectivity index (χ4v) is 2.35. The lowest BCUT2D eigenvalue weighted by molar-refractivity contribution is 0.0955. The van der Waals surface area contributed by atoms with Crippen LogP contribution in [0.1, 0.15) is 21.5 Å². The van der Waals surface area contributed by atoms with E-state index in [9.17, 15) is 25.2 Å². The van der Waals surface area contributed by atoms with Crippen LogP contribution < -0.4 is 10.9 Å². The number of hydrogen-bond donors (Lipinski definition) is 6. The summed E-state index contributed by atoms with van der Waals surface area (Å²) < 4.78 is 0. The molecule has 9 nitrogen and oxygen atoms in total. The average molecular weight is 406 g/mol. The van der Waals surface area contributed by atoms with Crippen LogP contribution >= 0.6 is 0 Å². The number of carbonyl (C=O) groups excluding carboxylic acids is 1. The predicted octanol–water partition coefficient (Wildman–Crippen LogP) is 2.72. The molecule has 0 atom stereocenters. The standard InChI is InChI=1S/C21H18N4O5/c26-17-7-1-13(9-19(17)28)11-22-24-16-5-3-15(4-6-16)21(30)25-23-12-14-2-8-18(27)20(29)10-14/h1-12,24,26-29H,(H,25,30)/b22-11+,23-12+. The largest absolute Gasteiger partial charge is 0.504 e. The van der Waals surface area contributed by atoms with E-state index in [1.165, 1.54) is 42.8 Å². The lowest BCUT2D eigenvalue weighted by Crippen LogP contribution is -2.17. The summed E-state index contributed by atoms with van der Waals surface area (Å²) in [5, 5.41) is 45.3. The van der Waals surface area contributed by atoms with Crippen molar-refractivity contribution in [1.82, 2.24) is 5.43 Å². The summed E-state index contributed by atoms with van der Waals surface area (Å²) in [6, 6.07) is 15.0. The lowest BCUT2D eigenvalue weighted by Gasteiger charge is -2.03. The molecular formula is C21H18N4O5. The smallest absolute Gasteiger partial charge is 0.271 e. The zero-order valence-electron chi connectivity index (χ0n) is 15.5. The van der Waals surface area contributed by atoms with E-state index < -0.39 is 5.91 Å². The predicted molar refractivity (Wildman–Crippen MR) is 112 cm³/mol. The second-order valence-corrected chi connectivity index (χ2v) is 6.14. The first-order valence-electron chi connectivity index (χ1n) is 8.69. The quantitative estimate of drug-likeness (QED) is 0.211. The van der Waals surface area contributed by atoms with E-state index in [1.54, 1.807) is 30.3 Å². The molecule has 0 bridgehead atoms. The van der Waals surface area contributed by atoms with Gasteiger partial charge in [-0.3, -0.25) is 10.2 Å². The highest BCUT2D eigenvalue weighted by atomic mass is 16.3. The van der Waals surface area contributed by atoms with E-state index in [0.29, 0.717) is 22.4 Å². The van der Waals surface area contributed by atoms with Gasteiger partial charge in [0.1, 0.15) is 0 Å². The molecule has 0 fully saturated rings. The van der Waals surface area contributed by atoms with Gasteiger partial charge in [-0.2, -0.15) is 10.2 Å². The summed E-state index contributed by atoms with van der Waals surface area (Å²) in [5.41, 5.74) is 7.26. The minimum atomic E-state index is -0.427. The van der Waals surface area contributed by atoms with Crippen LogP contribution in [0.5, 0.6) is 23.0 Å². The van der Waals surface area contributed by atoms with Crippen molar-refractivity contribution >= 4 is 24.0 Å². The topological polar surface area (TPSA) is 147 Å². The van der Waals surface area contributed by atoms with Crippen LogP contribution in [-0.4, -0.2) is 38.8 Å². The van der Waals surface area contributed by atoms with Crippen molar-refractivity contribution in [3.63, 3.8) is 0 Å². The number of carbonyl (C=O) groups is 1. The molecule has 0 aliphatic heterocycles. The number of amides is 1. The highest BCUT2D eigenvalue weighted by Gasteiger charge is 2.04. The number of nitrogens with zero attached hydrogens (tertiary/aromatic N) is 2. The van der Waals surface area contributed by atoms with E-state index in [2.05, 4.69) is 21.1 Å². The Morgan fingerprint density at radius 1 is 0.700 bits per heavy atom. The van der Waals surface area contributed by atoms with E-state index in [0.717, 1.165) is 0 Å². The molecule has 0 heterocycles. The van der Waals surface area contributed by atoms with Crippen LogP contribution in [0, 0.1) is 0 Å². The maximum Gasteiger partial charge on any atom is 0.271 e. The number of aromatic hydroxyl groups is 4. The van der Waals surface area contributed by atoms with Gasteiger partial charge >= 0.3 is 0 Å². The van der Waals surface area contributed by atoms with Gasteiger partial charge in [0.15, 0.2) is 23.0 Å². The zero-order valence-corrected chi connectivity index (χ0v) is 15.5. The van der Waals surface area contributed by atoms with Gasteiger partial charge < -0.3 is 20.4 Å². The van der Waals surface area contributed by atoms with E-state index in [4.69, 9.17) is 0 Å². The monoisotopic (exact) mass is 406 g/mol. The highest BCUT2D eigenvalue weighted by Crippen LogP contribution is 2.24. The molecule has 3 rings (SSSR count). The summed E-state index contributed by atoms with van der Waals surface area (Å²) in [5.74, 6) is -1.39. The minimum absolute atomic E-state index is 0.209. The number of rotatable bonds is 6. The fourth-order valence-electron chi connectivity index (χ4n) is 2.35. The van der Waals surface area contributed by atoms with Crippen molar-refractivity contribution < 1.29 is 25.2 Å². The third-order valence-electron chi connectivity index (χ3n) is 3.93. The Bertz CT molecular complexity index is 1110. The van der Waals surface area contributed by atoms with E-state index >= 15 is 0 Å². The Morgan fingerprint density at radius 2 is 1.23 bits per heavy atom. The van der Waals surface area contributed by atoms with Crippen molar-refractivity contribution in [3.8, 4) is 23.0 Å². The molecule has 0 unspecified atom stereocenters. The van der Waals surface area contributed by atoms with Gasteiger partial charge in [0.2, 0.25) is 0 Å². The number of phenols is 4.